The van der Waals surface area contributed by atoms with Gasteiger partial charge in [0.05, 0.1) is 5.75 Å². The van der Waals surface area contributed by atoms with Crippen molar-refractivity contribution >= 4 is 62.5 Å². The largest absolute Gasteiger partial charge is 0.405 e. The van der Waals surface area contributed by atoms with Gasteiger partial charge in [-0.25, -0.2) is 0 Å². The summed E-state index contributed by atoms with van der Waals surface area (Å²) in [7, 11) is 0. The third-order valence-corrected chi connectivity index (χ3v) is 6.93. The van der Waals surface area contributed by atoms with Crippen LogP contribution in [0.15, 0.2) is 50.9 Å². The van der Waals surface area contributed by atoms with Gasteiger partial charge in [0.2, 0.25) is 5.91 Å². The Labute approximate surface area is 212 Å². The third-order valence-electron chi connectivity index (χ3n) is 4.50. The van der Waals surface area contributed by atoms with E-state index in [9.17, 15) is 31.1 Å². The van der Waals surface area contributed by atoms with Crippen molar-refractivity contribution < 1.29 is 36.0 Å². The van der Waals surface area contributed by atoms with Crippen LogP contribution >= 0.6 is 50.9 Å². The molecule has 0 saturated heterocycles. The molecule has 3 rings (SSSR count). The van der Waals surface area contributed by atoms with E-state index in [1.807, 2.05) is 0 Å². The van der Waals surface area contributed by atoms with Crippen LogP contribution in [0, 0.1) is 5.92 Å². The molecule has 0 bridgehead atoms. The van der Waals surface area contributed by atoms with Gasteiger partial charge in [-0.05, 0) is 51.8 Å². The van der Waals surface area contributed by atoms with Crippen LogP contribution < -0.4 is 5.32 Å². The van der Waals surface area contributed by atoms with Crippen LogP contribution in [0.25, 0.3) is 0 Å². The second-order valence-corrected chi connectivity index (χ2v) is 9.79. The monoisotopic (exact) mass is 608 g/mol. The van der Waals surface area contributed by atoms with Gasteiger partial charge in [0, 0.05) is 25.0 Å². The Hall–Kier alpha value is -1.63. The number of nitrogens with zero attached hydrogens (tertiary/aromatic N) is 1. The first kappa shape index (κ1) is 27.0. The summed E-state index contributed by atoms with van der Waals surface area (Å²) < 4.78 is 78.9. The normalized spacial score (nSPS) is 18.4. The van der Waals surface area contributed by atoms with Crippen LogP contribution in [0.5, 0.6) is 0 Å². The number of alkyl halides is 6. The lowest BCUT2D eigenvalue weighted by molar-refractivity contribution is -0.177. The van der Waals surface area contributed by atoms with Gasteiger partial charge in [0.15, 0.2) is 6.10 Å². The molecule has 184 valence electrons. The number of oxime groups is 1. The number of carbonyl (C=O) groups is 1. The van der Waals surface area contributed by atoms with Gasteiger partial charge >= 0.3 is 12.4 Å². The Kier molecular flexibility index (Phi) is 8.37. The molecule has 0 aliphatic carbocycles. The predicted octanol–water partition coefficient (Wildman–Crippen LogP) is 7.18. The molecule has 1 N–H and O–H groups in total. The molecule has 0 aromatic heterocycles. The summed E-state index contributed by atoms with van der Waals surface area (Å²) in [5.41, 5.74) is -0.154. The molecule has 4 nitrogen and oxygen atoms in total. The van der Waals surface area contributed by atoms with Gasteiger partial charge in [0.25, 0.3) is 0 Å². The summed E-state index contributed by atoms with van der Waals surface area (Å²) in [5, 5.41) is 5.70. The Bertz CT molecular complexity index is 1090. The topological polar surface area (TPSA) is 50.7 Å². The Morgan fingerprint density at radius 2 is 1.74 bits per heavy atom. The Balaban J connectivity index is 1.78. The lowest BCUT2D eigenvalue weighted by Crippen LogP contribution is -2.34. The van der Waals surface area contributed by atoms with Crippen molar-refractivity contribution in [2.75, 3.05) is 12.3 Å². The minimum absolute atomic E-state index is 0.106. The Morgan fingerprint density at radius 1 is 1.09 bits per heavy atom. The van der Waals surface area contributed by atoms with E-state index in [1.54, 1.807) is 5.32 Å². The minimum atomic E-state index is -4.72. The molecule has 0 fully saturated rings. The lowest BCUT2D eigenvalue weighted by Gasteiger charge is -2.22. The fourth-order valence-electron chi connectivity index (χ4n) is 3.10. The summed E-state index contributed by atoms with van der Waals surface area (Å²) in [4.78, 5) is 17.2. The van der Waals surface area contributed by atoms with Crippen molar-refractivity contribution in [2.45, 2.75) is 23.4 Å². The van der Waals surface area contributed by atoms with Crippen LogP contribution in [0.1, 0.15) is 17.2 Å². The molecule has 2 atom stereocenters. The summed E-state index contributed by atoms with van der Waals surface area (Å²) >= 11 is 16.0. The molecule has 34 heavy (non-hydrogen) atoms. The van der Waals surface area contributed by atoms with E-state index < -0.39 is 36.8 Å². The molecule has 14 heteroatoms. The summed E-state index contributed by atoms with van der Waals surface area (Å²) in [6.45, 7) is -1.45. The summed E-state index contributed by atoms with van der Waals surface area (Å²) in [5.74, 6) is -3.27. The van der Waals surface area contributed by atoms with Gasteiger partial charge in [-0.2, -0.15) is 26.3 Å². The van der Waals surface area contributed by atoms with Gasteiger partial charge in [-0.1, -0.05) is 34.4 Å². The highest BCUT2D eigenvalue weighted by Crippen LogP contribution is 2.46. The second-order valence-electron chi connectivity index (χ2n) is 7.05. The SMILES string of the molecule is O=C(CSc1ccc(C2=NOC(c3cc(Cl)cc(Cl)c3)C2C(F)(F)F)cc1Br)NCC(F)(F)F. The number of halogens is 9. The van der Waals surface area contributed by atoms with E-state index in [4.69, 9.17) is 28.0 Å². The molecule has 1 amide bonds. The molecule has 2 aromatic rings. The number of nitrogens with one attached hydrogen (secondary N) is 1. The van der Waals surface area contributed by atoms with Crippen molar-refractivity contribution in [3.8, 4) is 0 Å². The number of benzene rings is 2. The predicted molar refractivity (Wildman–Crippen MR) is 120 cm³/mol. The molecule has 0 radical (unpaired) electrons. The van der Waals surface area contributed by atoms with Gasteiger partial charge < -0.3 is 10.2 Å². The van der Waals surface area contributed by atoms with Gasteiger partial charge in [0.1, 0.15) is 18.2 Å². The summed E-state index contributed by atoms with van der Waals surface area (Å²) in [6, 6.07) is 8.16. The number of thioether (sulfide) groups is 1. The first-order valence-electron chi connectivity index (χ1n) is 9.27. The highest BCUT2D eigenvalue weighted by Gasteiger charge is 2.53. The number of hydrogen-bond donors (Lipinski definition) is 1. The first-order valence-corrected chi connectivity index (χ1v) is 11.8. The van der Waals surface area contributed by atoms with Crippen molar-refractivity contribution in [2.24, 2.45) is 11.1 Å². The van der Waals surface area contributed by atoms with E-state index in [2.05, 4.69) is 21.1 Å². The zero-order chi connectivity index (χ0) is 25.3. The molecule has 1 aliphatic rings. The molecule has 0 saturated carbocycles. The standard InChI is InChI=1S/C20H13BrCl2F6N2O2S/c21-13-5-9(1-2-14(13)34-7-15(32)30-8-19(24,25)26)17-16(20(27,28)29)18(33-31-17)10-3-11(22)6-12(23)4-10/h1-6,16,18H,7-8H2,(H,30,32). The number of rotatable bonds is 6. The van der Waals surface area contributed by atoms with Gasteiger partial charge in [-0.3, -0.25) is 4.79 Å². The average molecular weight is 610 g/mol. The zero-order valence-corrected chi connectivity index (χ0v) is 20.5. The van der Waals surface area contributed by atoms with E-state index >= 15 is 0 Å². The van der Waals surface area contributed by atoms with Crippen molar-refractivity contribution in [1.29, 1.82) is 0 Å². The summed E-state index contributed by atoms with van der Waals surface area (Å²) in [6.07, 6.45) is -10.8. The minimum Gasteiger partial charge on any atom is -0.386 e. The smallest absolute Gasteiger partial charge is 0.386 e. The molecule has 2 unspecified atom stereocenters. The number of hydrogen-bond acceptors (Lipinski definition) is 4. The van der Waals surface area contributed by atoms with Crippen molar-refractivity contribution in [3.63, 3.8) is 0 Å². The van der Waals surface area contributed by atoms with Crippen LogP contribution in [0.2, 0.25) is 10.0 Å². The van der Waals surface area contributed by atoms with Crippen molar-refractivity contribution in [3.05, 3.63) is 62.0 Å². The zero-order valence-electron chi connectivity index (χ0n) is 16.6. The average Bonchev–Trinajstić information content (AvgIpc) is 3.16. The van der Waals surface area contributed by atoms with E-state index in [-0.39, 0.29) is 32.6 Å². The van der Waals surface area contributed by atoms with Crippen molar-refractivity contribution in [1.82, 2.24) is 5.32 Å². The fraction of sp³-hybridized carbons (Fsp3) is 0.300. The van der Waals surface area contributed by atoms with E-state index in [0.717, 1.165) is 11.8 Å². The Morgan fingerprint density at radius 3 is 2.29 bits per heavy atom. The maximum Gasteiger partial charge on any atom is 0.405 e. The number of carbonyl (C=O) groups excluding carboxylic acids is 1. The lowest BCUT2D eigenvalue weighted by atomic mass is 9.88. The molecular weight excluding hydrogens is 597 g/mol. The highest BCUT2D eigenvalue weighted by atomic mass is 79.9. The molecular formula is C20H13BrCl2F6N2O2S. The molecule has 1 heterocycles. The first-order chi connectivity index (χ1) is 15.7. The number of amides is 1. The van der Waals surface area contributed by atoms with Gasteiger partial charge in [-0.15, -0.1) is 11.8 Å². The van der Waals surface area contributed by atoms with Crippen LogP contribution in [-0.2, 0) is 9.63 Å². The highest BCUT2D eigenvalue weighted by molar-refractivity contribution is 9.10. The van der Waals surface area contributed by atoms with Crippen LogP contribution in [0.3, 0.4) is 0 Å². The maximum absolute atomic E-state index is 14.0. The molecule has 0 spiro atoms. The van der Waals surface area contributed by atoms with Crippen LogP contribution in [-0.4, -0.2) is 36.3 Å². The third kappa shape index (κ3) is 6.96. The van der Waals surface area contributed by atoms with Crippen LogP contribution in [0.4, 0.5) is 26.3 Å². The maximum atomic E-state index is 14.0. The van der Waals surface area contributed by atoms with E-state index in [1.165, 1.54) is 36.4 Å². The second kappa shape index (κ2) is 10.5. The fourth-order valence-corrected chi connectivity index (χ4v) is 5.11. The molecule has 1 aliphatic heterocycles. The molecule has 2 aromatic carbocycles. The quantitative estimate of drug-likeness (QED) is 0.279. The van der Waals surface area contributed by atoms with E-state index in [0.29, 0.717) is 9.37 Å².